The van der Waals surface area contributed by atoms with Crippen LogP contribution in [-0.2, 0) is 12.8 Å². The highest BCUT2D eigenvalue weighted by atomic mass is 15.2. The summed E-state index contributed by atoms with van der Waals surface area (Å²) in [7, 11) is 0. The fraction of sp³-hybridized carbons (Fsp3) is 0.460. The van der Waals surface area contributed by atoms with Crippen molar-refractivity contribution in [3.05, 3.63) is 158 Å². The Morgan fingerprint density at radius 2 is 0.786 bits per heavy atom. The van der Waals surface area contributed by atoms with E-state index in [1.54, 1.807) is 0 Å². The maximum atomic E-state index is 4.35. The third kappa shape index (κ3) is 17.9. The molecule has 4 aromatic heterocycles. The lowest BCUT2D eigenvalue weighted by Crippen LogP contribution is -2.28. The van der Waals surface area contributed by atoms with Gasteiger partial charge in [0.25, 0.3) is 0 Å². The topological polar surface area (TPSA) is 47.0 Å². The SMILES string of the molecule is CC.CC.CC.CC.CC.CC(C)N1CCc2ccccc21.CC(C)N1CCc2ncccc21.CC(C)n1ccc2ccccc21.CC(C)n1ccc2ccccc21.CC(C)n1cnc2ccccc21. The van der Waals surface area contributed by atoms with Crippen molar-refractivity contribution in [1.82, 2.24) is 23.7 Å². The second kappa shape index (κ2) is 34.5. The molecule has 4 aromatic carbocycles. The van der Waals surface area contributed by atoms with Crippen molar-refractivity contribution in [2.24, 2.45) is 0 Å². The minimum Gasteiger partial charge on any atom is -0.369 e. The number of rotatable bonds is 5. The molecule has 0 radical (unpaired) electrons. The Hall–Kier alpha value is -5.82. The highest BCUT2D eigenvalue weighted by molar-refractivity contribution is 5.81. The zero-order chi connectivity index (χ0) is 52.8. The van der Waals surface area contributed by atoms with Gasteiger partial charge in [-0.25, -0.2) is 4.98 Å². The van der Waals surface area contributed by atoms with Crippen molar-refractivity contribution in [1.29, 1.82) is 0 Å². The summed E-state index contributed by atoms with van der Waals surface area (Å²) in [6.07, 6.45) is 10.4. The number of imidazole rings is 1. The first-order valence-corrected chi connectivity index (χ1v) is 27.0. The molecule has 2 aliphatic rings. The van der Waals surface area contributed by atoms with E-state index < -0.39 is 0 Å². The summed E-state index contributed by atoms with van der Waals surface area (Å²) in [4.78, 5) is 13.5. The van der Waals surface area contributed by atoms with Gasteiger partial charge in [0.15, 0.2) is 0 Å². The van der Waals surface area contributed by atoms with Crippen LogP contribution in [0, 0.1) is 0 Å². The number of hydrogen-bond acceptors (Lipinski definition) is 4. The van der Waals surface area contributed by atoms with Crippen LogP contribution in [0.15, 0.2) is 146 Å². The van der Waals surface area contributed by atoms with E-state index in [4.69, 9.17) is 0 Å². The van der Waals surface area contributed by atoms with E-state index in [9.17, 15) is 0 Å². The number of anilines is 2. The Bertz CT molecular complexity index is 2290. The minimum absolute atomic E-state index is 0.484. The first-order chi connectivity index (χ1) is 33.9. The molecule has 0 unspecified atom stereocenters. The van der Waals surface area contributed by atoms with Gasteiger partial charge in [-0.2, -0.15) is 0 Å². The summed E-state index contributed by atoms with van der Waals surface area (Å²) in [5, 5.41) is 2.65. The molecule has 0 bridgehead atoms. The molecule has 0 N–H and O–H groups in total. The molecule has 7 heteroatoms. The first-order valence-electron chi connectivity index (χ1n) is 27.0. The van der Waals surface area contributed by atoms with Gasteiger partial charge >= 0.3 is 0 Å². The highest BCUT2D eigenvalue weighted by Crippen LogP contribution is 2.29. The molecule has 7 nitrogen and oxygen atoms in total. The van der Waals surface area contributed by atoms with Gasteiger partial charge in [-0.15, -0.1) is 0 Å². The zero-order valence-electron chi connectivity index (χ0n) is 47.7. The van der Waals surface area contributed by atoms with Gasteiger partial charge in [-0.05, 0) is 147 Å². The fourth-order valence-corrected chi connectivity index (χ4v) is 8.17. The van der Waals surface area contributed by atoms with Crippen molar-refractivity contribution in [2.45, 2.75) is 182 Å². The molecule has 384 valence electrons. The smallest absolute Gasteiger partial charge is 0.0960 e. The average molecular weight is 953 g/mol. The lowest BCUT2D eigenvalue weighted by atomic mass is 10.2. The van der Waals surface area contributed by atoms with Crippen molar-refractivity contribution in [3.63, 3.8) is 0 Å². The molecule has 0 atom stereocenters. The minimum atomic E-state index is 0.484. The first kappa shape index (κ1) is 62.2. The molecule has 2 aliphatic heterocycles. The molecule has 0 saturated carbocycles. The summed E-state index contributed by atoms with van der Waals surface area (Å²) in [5.74, 6) is 0. The molecule has 0 spiro atoms. The van der Waals surface area contributed by atoms with Crippen LogP contribution in [0.5, 0.6) is 0 Å². The molecule has 10 rings (SSSR count). The van der Waals surface area contributed by atoms with E-state index >= 15 is 0 Å². The van der Waals surface area contributed by atoms with E-state index in [1.165, 1.54) is 62.9 Å². The van der Waals surface area contributed by atoms with Crippen LogP contribution in [-0.4, -0.2) is 48.8 Å². The summed E-state index contributed by atoms with van der Waals surface area (Å²) in [6, 6.07) is 45.1. The number of benzene rings is 4. The third-order valence-electron chi connectivity index (χ3n) is 11.3. The number of pyridine rings is 1. The van der Waals surface area contributed by atoms with Crippen LogP contribution >= 0.6 is 0 Å². The molecule has 0 aliphatic carbocycles. The average Bonchev–Trinajstić information content (AvgIpc) is 4.27. The van der Waals surface area contributed by atoms with Crippen LogP contribution in [0.2, 0.25) is 0 Å². The second-order valence-corrected chi connectivity index (χ2v) is 17.2. The van der Waals surface area contributed by atoms with Crippen LogP contribution in [0.1, 0.15) is 168 Å². The quantitative estimate of drug-likeness (QED) is 0.172. The van der Waals surface area contributed by atoms with Crippen molar-refractivity contribution >= 4 is 44.2 Å². The Balaban J connectivity index is 0.000000418. The second-order valence-electron chi connectivity index (χ2n) is 17.2. The maximum absolute atomic E-state index is 4.35. The predicted molar refractivity (Wildman–Crippen MR) is 315 cm³/mol. The van der Waals surface area contributed by atoms with E-state index in [2.05, 4.69) is 212 Å². The zero-order valence-corrected chi connectivity index (χ0v) is 47.7. The standard InChI is InChI=1S/C11H15N.2C11H13N.C10H14N2.C10H12N2.5C2H6/c3*1-9(2)12-8-7-10-5-3-4-6-11(10)12;1-8(2)12-7-5-9-10(12)4-3-6-11-9;1-8(2)12-7-11-9-5-3-4-6-10(9)12;5*1-2/h3-6,9H,7-8H2,1-2H3;2*3-9H,1-2H3;3-4,6,8H,5,7H2,1-2H3;3-8H,1-2H3;5*1-2H3. The van der Waals surface area contributed by atoms with Crippen LogP contribution in [0.4, 0.5) is 11.4 Å². The van der Waals surface area contributed by atoms with Crippen LogP contribution < -0.4 is 9.80 Å². The lowest BCUT2D eigenvalue weighted by Gasteiger charge is -2.23. The summed E-state index contributed by atoms with van der Waals surface area (Å²) < 4.78 is 6.75. The van der Waals surface area contributed by atoms with Crippen molar-refractivity contribution < 1.29 is 0 Å². The summed E-state index contributed by atoms with van der Waals surface area (Å²) in [6.45, 7) is 44.4. The largest absolute Gasteiger partial charge is 0.369 e. The predicted octanol–water partition coefficient (Wildman–Crippen LogP) is 18.5. The van der Waals surface area contributed by atoms with Gasteiger partial charge in [0, 0.05) is 85.0 Å². The van der Waals surface area contributed by atoms with Gasteiger partial charge in [0.2, 0.25) is 0 Å². The van der Waals surface area contributed by atoms with Crippen LogP contribution in [0.3, 0.4) is 0 Å². The number of fused-ring (bicyclic) bond motifs is 5. The van der Waals surface area contributed by atoms with Gasteiger partial charge in [0.1, 0.15) is 0 Å². The Labute approximate surface area is 428 Å². The Morgan fingerprint density at radius 1 is 0.371 bits per heavy atom. The molecular weight excluding hydrogens is 855 g/mol. The van der Waals surface area contributed by atoms with Gasteiger partial charge in [0.05, 0.1) is 28.7 Å². The molecular formula is C63H97N7. The normalized spacial score (nSPS) is 11.5. The van der Waals surface area contributed by atoms with Crippen LogP contribution in [0.25, 0.3) is 32.8 Å². The van der Waals surface area contributed by atoms with E-state index in [0.29, 0.717) is 30.2 Å². The monoisotopic (exact) mass is 952 g/mol. The van der Waals surface area contributed by atoms with Crippen molar-refractivity contribution in [2.75, 3.05) is 22.9 Å². The van der Waals surface area contributed by atoms with Gasteiger partial charge in [-0.3, -0.25) is 4.98 Å². The summed E-state index contributed by atoms with van der Waals surface area (Å²) in [5.41, 5.74) is 10.5. The van der Waals surface area contributed by atoms with Gasteiger partial charge in [-0.1, -0.05) is 136 Å². The van der Waals surface area contributed by atoms with E-state index in [-0.39, 0.29) is 0 Å². The highest BCUT2D eigenvalue weighted by Gasteiger charge is 2.21. The van der Waals surface area contributed by atoms with E-state index in [0.717, 1.165) is 18.5 Å². The molecule has 70 heavy (non-hydrogen) atoms. The Morgan fingerprint density at radius 3 is 1.29 bits per heavy atom. The number of aromatic nitrogens is 5. The summed E-state index contributed by atoms with van der Waals surface area (Å²) >= 11 is 0. The molecule has 0 amide bonds. The fourth-order valence-electron chi connectivity index (χ4n) is 8.17. The van der Waals surface area contributed by atoms with Crippen molar-refractivity contribution in [3.8, 4) is 0 Å². The van der Waals surface area contributed by atoms with Gasteiger partial charge < -0.3 is 23.5 Å². The molecule has 0 saturated heterocycles. The maximum Gasteiger partial charge on any atom is 0.0960 e. The number of hydrogen-bond donors (Lipinski definition) is 0. The number of para-hydroxylation sites is 5. The molecule has 0 fully saturated rings. The Kier molecular flexibility index (Phi) is 30.6. The number of nitrogens with zero attached hydrogens (tertiary/aromatic N) is 7. The lowest BCUT2D eigenvalue weighted by molar-refractivity contribution is 0.617. The van der Waals surface area contributed by atoms with E-state index in [1.807, 2.05) is 106 Å². The molecule has 8 aromatic rings. The third-order valence-corrected chi connectivity index (χ3v) is 11.3. The molecule has 6 heterocycles.